The lowest BCUT2D eigenvalue weighted by Gasteiger charge is -2.03. The van der Waals surface area contributed by atoms with Crippen LogP contribution in [0.2, 0.25) is 0 Å². The Balaban J connectivity index is 1.78. The van der Waals surface area contributed by atoms with Gasteiger partial charge in [0, 0.05) is 18.6 Å². The van der Waals surface area contributed by atoms with Crippen LogP contribution < -0.4 is 0 Å². The van der Waals surface area contributed by atoms with Crippen molar-refractivity contribution in [1.82, 2.24) is 4.90 Å². The molecule has 0 amide bonds. The van der Waals surface area contributed by atoms with Crippen LogP contribution in [0.15, 0.2) is 0 Å². The van der Waals surface area contributed by atoms with Crippen molar-refractivity contribution in [1.29, 1.82) is 0 Å². The highest BCUT2D eigenvalue weighted by Gasteiger charge is 2.60. The summed E-state index contributed by atoms with van der Waals surface area (Å²) in [5.41, 5.74) is 0.702. The van der Waals surface area contributed by atoms with E-state index in [4.69, 9.17) is 6.92 Å². The molecular formula is C8H13N. The van der Waals surface area contributed by atoms with Crippen molar-refractivity contribution < 1.29 is 0 Å². The van der Waals surface area contributed by atoms with Crippen LogP contribution in [0.4, 0.5) is 0 Å². The molecule has 1 unspecified atom stereocenters. The van der Waals surface area contributed by atoms with Gasteiger partial charge in [0.05, 0.1) is 0 Å². The molecule has 0 aromatic rings. The van der Waals surface area contributed by atoms with Gasteiger partial charge in [-0.2, -0.15) is 0 Å². The van der Waals surface area contributed by atoms with Gasteiger partial charge >= 0.3 is 0 Å². The second-order valence-electron chi connectivity index (χ2n) is 3.58. The highest BCUT2D eigenvalue weighted by atomic mass is 15.4. The summed E-state index contributed by atoms with van der Waals surface area (Å²) in [4.78, 5) is 2.50. The molecule has 2 atom stereocenters. The van der Waals surface area contributed by atoms with E-state index in [1.807, 2.05) is 0 Å². The minimum atomic E-state index is 0.366. The van der Waals surface area contributed by atoms with Gasteiger partial charge in [0.15, 0.2) is 0 Å². The number of hydrogen-bond donors (Lipinski definition) is 0. The third-order valence-electron chi connectivity index (χ3n) is 2.39. The van der Waals surface area contributed by atoms with E-state index in [-0.39, 0.29) is 0 Å². The molecule has 1 saturated carbocycles. The smallest absolute Gasteiger partial charge is 0.0339 e. The molecule has 0 aromatic heterocycles. The summed E-state index contributed by atoms with van der Waals surface area (Å²) in [6, 6.07) is 0. The molecule has 0 bridgehead atoms. The van der Waals surface area contributed by atoms with E-state index in [1.54, 1.807) is 0 Å². The average Bonchev–Trinajstić information content (AvgIpc) is 2.54. The van der Waals surface area contributed by atoms with Crippen LogP contribution in [0.25, 0.3) is 0 Å². The third kappa shape index (κ3) is 0.877. The molecule has 2 rings (SSSR count). The lowest BCUT2D eigenvalue weighted by Crippen LogP contribution is -2.09. The zero-order valence-electron chi connectivity index (χ0n) is 5.93. The normalized spacial score (nSPS) is 35.7. The summed E-state index contributed by atoms with van der Waals surface area (Å²) in [6.07, 6.45) is 2.86. The molecule has 1 aliphatic carbocycles. The van der Waals surface area contributed by atoms with Crippen molar-refractivity contribution in [2.24, 2.45) is 5.92 Å². The molecule has 1 spiro atoms. The third-order valence-corrected chi connectivity index (χ3v) is 2.39. The lowest BCUT2D eigenvalue weighted by molar-refractivity contribution is 0.444. The molecule has 0 N–H and O–H groups in total. The van der Waals surface area contributed by atoms with Crippen molar-refractivity contribution in [2.45, 2.75) is 25.3 Å². The van der Waals surface area contributed by atoms with Gasteiger partial charge in [-0.05, 0) is 25.7 Å². The van der Waals surface area contributed by atoms with Gasteiger partial charge < -0.3 is 0 Å². The molecule has 1 aliphatic heterocycles. The molecule has 1 saturated heterocycles. The zero-order chi connectivity index (χ0) is 6.48. The monoisotopic (exact) mass is 123 g/mol. The predicted octanol–water partition coefficient (Wildman–Crippen LogP) is 1.18. The van der Waals surface area contributed by atoms with Gasteiger partial charge in [-0.1, -0.05) is 6.92 Å². The van der Waals surface area contributed by atoms with E-state index in [1.165, 1.54) is 19.4 Å². The molecular weight excluding hydrogens is 110 g/mol. The van der Waals surface area contributed by atoms with E-state index in [9.17, 15) is 0 Å². The van der Waals surface area contributed by atoms with Crippen LogP contribution in [-0.2, 0) is 0 Å². The van der Waals surface area contributed by atoms with E-state index in [0.29, 0.717) is 11.5 Å². The Bertz CT molecular complexity index is 125. The summed E-state index contributed by atoms with van der Waals surface area (Å²) in [6.45, 7) is 10.2. The van der Waals surface area contributed by atoms with Crippen LogP contribution >= 0.6 is 0 Å². The van der Waals surface area contributed by atoms with Gasteiger partial charge in [0.1, 0.15) is 0 Å². The van der Waals surface area contributed by atoms with Crippen molar-refractivity contribution in [3.63, 3.8) is 0 Å². The second-order valence-corrected chi connectivity index (χ2v) is 3.58. The maximum atomic E-state index is 5.64. The lowest BCUT2D eigenvalue weighted by atomic mass is 10.2. The van der Waals surface area contributed by atoms with E-state index in [2.05, 4.69) is 11.8 Å². The van der Waals surface area contributed by atoms with Crippen molar-refractivity contribution >= 4 is 0 Å². The van der Waals surface area contributed by atoms with Gasteiger partial charge in [-0.3, -0.25) is 4.90 Å². The molecule has 2 fully saturated rings. The second kappa shape index (κ2) is 1.51. The van der Waals surface area contributed by atoms with Crippen LogP contribution in [-0.4, -0.2) is 23.5 Å². The molecule has 1 nitrogen and oxygen atoms in total. The fraction of sp³-hybridized carbons (Fsp3) is 0.875. The summed E-state index contributed by atoms with van der Waals surface area (Å²) in [7, 11) is 0. The largest absolute Gasteiger partial charge is 0.294 e. The maximum Gasteiger partial charge on any atom is 0.0339 e. The SMILES string of the molecule is [CH][C@@H](C)CN1CC12CC2. The maximum absolute atomic E-state index is 5.64. The fourth-order valence-electron chi connectivity index (χ4n) is 1.54. The Kier molecular flexibility index (Phi) is 0.963. The minimum absolute atomic E-state index is 0.366. The van der Waals surface area contributed by atoms with Crippen LogP contribution in [0.1, 0.15) is 19.8 Å². The molecule has 1 heterocycles. The quantitative estimate of drug-likeness (QED) is 0.498. The van der Waals surface area contributed by atoms with Crippen LogP contribution in [0.5, 0.6) is 0 Å². The standard InChI is InChI=1S/C8H13N/c1-7(2)5-9-6-8(9)3-4-8/h1,7H,3-6H2,2H3/t7-,9?/m0/s1. The first-order chi connectivity index (χ1) is 4.23. The van der Waals surface area contributed by atoms with Gasteiger partial charge in [-0.25, -0.2) is 0 Å². The number of rotatable bonds is 2. The van der Waals surface area contributed by atoms with Crippen molar-refractivity contribution in [3.05, 3.63) is 6.92 Å². The first-order valence-electron chi connectivity index (χ1n) is 3.74. The first-order valence-corrected chi connectivity index (χ1v) is 3.74. The molecule has 1 heteroatoms. The van der Waals surface area contributed by atoms with Crippen LogP contribution in [0.3, 0.4) is 0 Å². The zero-order valence-corrected chi connectivity index (χ0v) is 5.93. The van der Waals surface area contributed by atoms with E-state index >= 15 is 0 Å². The molecule has 9 heavy (non-hydrogen) atoms. The molecule has 50 valence electrons. The summed E-state index contributed by atoms with van der Waals surface area (Å²) < 4.78 is 0. The van der Waals surface area contributed by atoms with E-state index in [0.717, 1.165) is 6.54 Å². The Morgan fingerprint density at radius 3 is 2.67 bits per heavy atom. The van der Waals surface area contributed by atoms with Crippen molar-refractivity contribution in [2.75, 3.05) is 13.1 Å². The van der Waals surface area contributed by atoms with Gasteiger partial charge in [0.2, 0.25) is 0 Å². The van der Waals surface area contributed by atoms with Crippen molar-refractivity contribution in [3.8, 4) is 0 Å². The van der Waals surface area contributed by atoms with E-state index < -0.39 is 0 Å². The predicted molar refractivity (Wildman–Crippen MR) is 37.0 cm³/mol. The Labute approximate surface area is 57.0 Å². The van der Waals surface area contributed by atoms with Gasteiger partial charge in [-0.15, -0.1) is 0 Å². The topological polar surface area (TPSA) is 3.01 Å². The molecule has 2 aliphatic rings. The highest BCUT2D eigenvalue weighted by molar-refractivity contribution is 5.18. The average molecular weight is 123 g/mol. The Morgan fingerprint density at radius 2 is 2.33 bits per heavy atom. The number of hydrogen-bond acceptors (Lipinski definition) is 1. The summed E-state index contributed by atoms with van der Waals surface area (Å²) in [5, 5.41) is 0. The number of nitrogens with zero attached hydrogens (tertiary/aromatic N) is 1. The Hall–Kier alpha value is -0.0400. The highest BCUT2D eigenvalue weighted by Crippen LogP contribution is 2.53. The Morgan fingerprint density at radius 1 is 1.67 bits per heavy atom. The molecule has 0 aromatic carbocycles. The first kappa shape index (κ1) is 5.72. The van der Waals surface area contributed by atoms with Crippen LogP contribution in [0, 0.1) is 12.8 Å². The molecule has 2 radical (unpaired) electrons. The summed E-state index contributed by atoms with van der Waals surface area (Å²) >= 11 is 0. The summed E-state index contributed by atoms with van der Waals surface area (Å²) in [5.74, 6) is 0.366. The fourth-order valence-corrected chi connectivity index (χ4v) is 1.54. The minimum Gasteiger partial charge on any atom is -0.294 e. The van der Waals surface area contributed by atoms with Gasteiger partial charge in [0.25, 0.3) is 0 Å².